The smallest absolute Gasteiger partial charge is 0.326 e. The molecule has 0 bridgehead atoms. The number of aliphatic imine (C=N–C) groups is 1. The Kier molecular flexibility index (Phi) is 10.5. The highest BCUT2D eigenvalue weighted by Crippen LogP contribution is 2.00. The van der Waals surface area contributed by atoms with E-state index in [2.05, 4.69) is 15.6 Å². The van der Waals surface area contributed by atoms with Gasteiger partial charge in [0.05, 0.1) is 11.9 Å². The monoisotopic (exact) mass is 284 g/mol. The first-order valence-electron chi connectivity index (χ1n) is 6.20. The van der Waals surface area contributed by atoms with E-state index in [4.69, 9.17) is 5.11 Å². The lowest BCUT2D eigenvalue weighted by molar-refractivity contribution is -0.108. The average molecular weight is 284 g/mol. The number of hydrogen-bond acceptors (Lipinski definition) is 6. The molecular formula is C12H20N4O4. The van der Waals surface area contributed by atoms with Crippen molar-refractivity contribution >= 4 is 24.9 Å². The van der Waals surface area contributed by atoms with Gasteiger partial charge in [-0.25, -0.2) is 4.79 Å². The number of allylic oxidation sites excluding steroid dienone is 1. The molecule has 3 amide bonds. The van der Waals surface area contributed by atoms with Crippen LogP contribution in [-0.4, -0.2) is 43.2 Å². The van der Waals surface area contributed by atoms with Gasteiger partial charge in [0.1, 0.15) is 5.82 Å². The van der Waals surface area contributed by atoms with Gasteiger partial charge in [0.2, 0.25) is 6.41 Å². The van der Waals surface area contributed by atoms with Gasteiger partial charge < -0.3 is 10.4 Å². The molecule has 0 aromatic rings. The van der Waals surface area contributed by atoms with Gasteiger partial charge in [-0.15, -0.1) is 0 Å². The summed E-state index contributed by atoms with van der Waals surface area (Å²) >= 11 is 0. The van der Waals surface area contributed by atoms with Crippen molar-refractivity contribution in [2.45, 2.75) is 26.2 Å². The molecule has 0 aliphatic carbocycles. The molecule has 0 rings (SSSR count). The van der Waals surface area contributed by atoms with Crippen LogP contribution in [0, 0.1) is 0 Å². The summed E-state index contributed by atoms with van der Waals surface area (Å²) < 4.78 is 0. The van der Waals surface area contributed by atoms with Crippen LogP contribution in [0.1, 0.15) is 26.2 Å². The Morgan fingerprint density at radius 1 is 1.25 bits per heavy atom. The summed E-state index contributed by atoms with van der Waals surface area (Å²) in [5.41, 5.74) is 0.403. The van der Waals surface area contributed by atoms with Crippen LogP contribution >= 0.6 is 0 Å². The Labute approximate surface area is 117 Å². The highest BCUT2D eigenvalue weighted by Gasteiger charge is 2.06. The van der Waals surface area contributed by atoms with Crippen LogP contribution in [0.5, 0.6) is 0 Å². The summed E-state index contributed by atoms with van der Waals surface area (Å²) in [6.07, 6.45) is 4.19. The first-order chi connectivity index (χ1) is 9.65. The normalized spacial score (nSPS) is 11.7. The van der Waals surface area contributed by atoms with E-state index in [1.165, 1.54) is 0 Å². The van der Waals surface area contributed by atoms with E-state index in [0.29, 0.717) is 30.8 Å². The number of aliphatic hydroxyl groups excluding tert-OH is 1. The van der Waals surface area contributed by atoms with Crippen molar-refractivity contribution in [1.82, 2.24) is 16.0 Å². The number of hydrogen-bond donors (Lipinski definition) is 4. The number of aliphatic hydroxyl groups is 1. The van der Waals surface area contributed by atoms with Crippen molar-refractivity contribution in [3.05, 3.63) is 11.5 Å². The molecule has 0 unspecified atom stereocenters. The van der Waals surface area contributed by atoms with Crippen molar-refractivity contribution in [2.75, 3.05) is 13.2 Å². The topological polar surface area (TPSA) is 120 Å². The van der Waals surface area contributed by atoms with Crippen LogP contribution in [0.15, 0.2) is 16.5 Å². The molecule has 0 heterocycles. The number of unbranched alkanes of at least 4 members (excludes halogenated alkanes) is 2. The fourth-order valence-electron chi connectivity index (χ4n) is 1.30. The summed E-state index contributed by atoms with van der Waals surface area (Å²) in [7, 11) is 0. The molecule has 0 aliphatic rings. The fourth-order valence-corrected chi connectivity index (χ4v) is 1.30. The zero-order valence-corrected chi connectivity index (χ0v) is 11.4. The second-order valence-corrected chi connectivity index (χ2v) is 3.80. The van der Waals surface area contributed by atoms with E-state index in [-0.39, 0.29) is 13.0 Å². The van der Waals surface area contributed by atoms with Crippen molar-refractivity contribution in [3.8, 4) is 0 Å². The number of carbonyl (C=O) groups excluding carboxylic acids is 3. The van der Waals surface area contributed by atoms with Gasteiger partial charge in [-0.3, -0.25) is 25.2 Å². The number of nitrogens with zero attached hydrogens (tertiary/aromatic N) is 1. The average Bonchev–Trinajstić information content (AvgIpc) is 2.43. The summed E-state index contributed by atoms with van der Waals surface area (Å²) in [6.45, 7) is 2.31. The molecule has 8 heteroatoms. The Morgan fingerprint density at radius 3 is 2.60 bits per heavy atom. The predicted octanol–water partition coefficient (Wildman–Crippen LogP) is -0.347. The number of amides is 3. The number of rotatable bonds is 10. The molecule has 112 valence electrons. The van der Waals surface area contributed by atoms with E-state index in [9.17, 15) is 14.4 Å². The lowest BCUT2D eigenvalue weighted by atomic mass is 10.2. The molecule has 8 nitrogen and oxygen atoms in total. The number of nitrogens with one attached hydrogen (secondary N) is 3. The molecule has 0 saturated carbocycles. The Balaban J connectivity index is 4.53. The van der Waals surface area contributed by atoms with Crippen molar-refractivity contribution in [2.24, 2.45) is 4.99 Å². The Hall–Kier alpha value is -2.22. The lowest BCUT2D eigenvalue weighted by Crippen LogP contribution is -2.39. The standard InChI is InChI=1S/C12H20N4O4/c1-10(13-6-8-18)11(16-12(20)15-9-19)14-5-3-2-4-7-17/h6,8-9,14,17H,2-5,7H2,1H3,(H2,15,16,19,20)/b11-10+,13-6?. The van der Waals surface area contributed by atoms with Crippen molar-refractivity contribution in [1.29, 1.82) is 0 Å². The quantitative estimate of drug-likeness (QED) is 0.248. The van der Waals surface area contributed by atoms with Gasteiger partial charge in [0, 0.05) is 13.2 Å². The molecule has 0 radical (unpaired) electrons. The van der Waals surface area contributed by atoms with Gasteiger partial charge in [-0.1, -0.05) is 0 Å². The number of urea groups is 1. The molecular weight excluding hydrogens is 264 g/mol. The highest BCUT2D eigenvalue weighted by molar-refractivity contribution is 6.13. The van der Waals surface area contributed by atoms with E-state index in [0.717, 1.165) is 19.1 Å². The second-order valence-electron chi connectivity index (χ2n) is 3.80. The minimum atomic E-state index is -0.696. The zero-order valence-electron chi connectivity index (χ0n) is 11.4. The third kappa shape index (κ3) is 8.81. The van der Waals surface area contributed by atoms with E-state index >= 15 is 0 Å². The van der Waals surface area contributed by atoms with Crippen LogP contribution in [0.3, 0.4) is 0 Å². The third-order valence-electron chi connectivity index (χ3n) is 2.26. The van der Waals surface area contributed by atoms with Crippen molar-refractivity contribution < 1.29 is 19.5 Å². The molecule has 20 heavy (non-hydrogen) atoms. The predicted molar refractivity (Wildman–Crippen MR) is 73.9 cm³/mol. The van der Waals surface area contributed by atoms with Gasteiger partial charge in [0.15, 0.2) is 6.29 Å². The molecule has 0 spiro atoms. The summed E-state index contributed by atoms with van der Waals surface area (Å²) in [5, 5.41) is 16.0. The van der Waals surface area contributed by atoms with Crippen LogP contribution in [0.4, 0.5) is 4.79 Å². The maximum Gasteiger partial charge on any atom is 0.326 e. The maximum atomic E-state index is 11.3. The largest absolute Gasteiger partial charge is 0.396 e. The number of aldehydes is 1. The summed E-state index contributed by atoms with van der Waals surface area (Å²) in [4.78, 5) is 35.5. The van der Waals surface area contributed by atoms with E-state index in [1.807, 2.05) is 5.32 Å². The molecule has 0 aromatic heterocycles. The van der Waals surface area contributed by atoms with E-state index < -0.39 is 6.03 Å². The molecule has 0 fully saturated rings. The number of imide groups is 1. The van der Waals surface area contributed by atoms with E-state index in [1.54, 1.807) is 6.92 Å². The summed E-state index contributed by atoms with van der Waals surface area (Å²) in [5.74, 6) is 0.312. The molecule has 0 atom stereocenters. The van der Waals surface area contributed by atoms with Crippen LogP contribution in [0.2, 0.25) is 0 Å². The fraction of sp³-hybridized carbons (Fsp3) is 0.500. The van der Waals surface area contributed by atoms with Crippen molar-refractivity contribution in [3.63, 3.8) is 0 Å². The summed E-state index contributed by atoms with van der Waals surface area (Å²) in [6, 6.07) is -0.696. The number of carbonyl (C=O) groups is 3. The van der Waals surface area contributed by atoms with Crippen LogP contribution in [0.25, 0.3) is 0 Å². The molecule has 4 N–H and O–H groups in total. The maximum absolute atomic E-state index is 11.3. The van der Waals surface area contributed by atoms with Gasteiger partial charge in [0.25, 0.3) is 0 Å². The molecule has 0 aromatic carbocycles. The van der Waals surface area contributed by atoms with Crippen LogP contribution in [-0.2, 0) is 9.59 Å². The SMILES string of the molecule is C/C(N=CC=O)=C(/NCCCCCO)NC(=O)NC=O. The Bertz CT molecular complexity index is 380. The highest BCUT2D eigenvalue weighted by atomic mass is 16.3. The minimum absolute atomic E-state index is 0.144. The first kappa shape index (κ1) is 17.8. The zero-order chi connectivity index (χ0) is 15.2. The molecule has 0 aliphatic heterocycles. The Morgan fingerprint density at radius 2 is 2.00 bits per heavy atom. The van der Waals surface area contributed by atoms with Gasteiger partial charge in [-0.2, -0.15) is 0 Å². The van der Waals surface area contributed by atoms with Gasteiger partial charge in [-0.05, 0) is 26.2 Å². The second kappa shape index (κ2) is 11.8. The lowest BCUT2D eigenvalue weighted by Gasteiger charge is -2.13. The van der Waals surface area contributed by atoms with Crippen LogP contribution < -0.4 is 16.0 Å². The third-order valence-corrected chi connectivity index (χ3v) is 2.26. The first-order valence-corrected chi connectivity index (χ1v) is 6.20. The molecule has 0 saturated heterocycles. The minimum Gasteiger partial charge on any atom is -0.396 e. The van der Waals surface area contributed by atoms with Gasteiger partial charge >= 0.3 is 6.03 Å².